The molecular weight excluding hydrogens is 762 g/mol. The van der Waals surface area contributed by atoms with E-state index in [0.717, 1.165) is 4.68 Å². The molecule has 0 radical (unpaired) electrons. The van der Waals surface area contributed by atoms with Gasteiger partial charge in [-0.1, -0.05) is 44.0 Å². The highest BCUT2D eigenvalue weighted by Gasteiger charge is 2.24. The fourth-order valence-electron chi connectivity index (χ4n) is 2.70. The monoisotopic (exact) mass is 788 g/mol. The van der Waals surface area contributed by atoms with E-state index < -0.39 is 32.2 Å². The Labute approximate surface area is 273 Å². The number of carbonyl (C=O) groups is 1. The van der Waals surface area contributed by atoms with Gasteiger partial charge in [0, 0.05) is 11.5 Å². The third-order valence-electron chi connectivity index (χ3n) is 4.52. The third kappa shape index (κ3) is 13.4. The molecule has 1 aromatic heterocycles. The number of ether oxygens (including phenoxy) is 1. The molecular formula is C25H29Br2Cl2N4O9P. The molecule has 13 nitrogen and oxygen atoms in total. The van der Waals surface area contributed by atoms with E-state index in [1.54, 1.807) is 18.2 Å². The predicted octanol–water partition coefficient (Wildman–Crippen LogP) is 5.80. The molecule has 0 fully saturated rings. The number of halogens is 4. The lowest BCUT2D eigenvalue weighted by atomic mass is 9.97. The number of nitrogens with one attached hydrogen (secondary N) is 1. The maximum atomic E-state index is 12.1. The molecule has 0 saturated carbocycles. The largest absolute Gasteiger partial charge is 0.506 e. The Kier molecular flexibility index (Phi) is 14.9. The SMILES string of the molecule is CC(C)Oc1cc(-n2nc(C(C)(C)C)oc2=O)c(Cl)cc1Cl.N#Cc1cc(Br)c(O)c(Br)c1.O=C(O)CNCP(=O)(O)O. The standard InChI is InChI=1S/C15H18Cl2N2O3.C7H3Br2NO.C3H8NO5P/c1-8(2)21-12-7-11(9(16)6-10(12)17)19-14(20)22-13(18-19)15(3,4)5;8-5-1-4(3-10)2-6(9)7(5)11;5-3(6)1-4-2-10(7,8)9/h6-8H,1-5H3;1-2,11H;4H,1-2H2,(H,5,6)(H2,7,8,9). The molecule has 0 aliphatic heterocycles. The first-order chi connectivity index (χ1) is 19.7. The average Bonchev–Trinajstić information content (AvgIpc) is 3.25. The van der Waals surface area contributed by atoms with E-state index in [9.17, 15) is 19.3 Å². The van der Waals surface area contributed by atoms with E-state index in [1.165, 1.54) is 6.07 Å². The predicted molar refractivity (Wildman–Crippen MR) is 167 cm³/mol. The van der Waals surface area contributed by atoms with Gasteiger partial charge in [0.2, 0.25) is 5.89 Å². The molecule has 18 heteroatoms. The summed E-state index contributed by atoms with van der Waals surface area (Å²) in [6.07, 6.45) is -0.662. The Balaban J connectivity index is 0.000000368. The lowest BCUT2D eigenvalue weighted by Crippen LogP contribution is -2.23. The van der Waals surface area contributed by atoms with E-state index in [-0.39, 0.29) is 22.3 Å². The molecule has 236 valence electrons. The number of nitrogens with zero attached hydrogens (tertiary/aromatic N) is 3. The number of carboxylic acids is 1. The van der Waals surface area contributed by atoms with Crippen molar-refractivity contribution in [3.8, 4) is 23.3 Å². The summed E-state index contributed by atoms with van der Waals surface area (Å²) in [6, 6.07) is 8.18. The number of phenolic OH excluding ortho intramolecular Hbond substituents is 1. The summed E-state index contributed by atoms with van der Waals surface area (Å²) in [5.41, 5.74) is 0.480. The van der Waals surface area contributed by atoms with Crippen LogP contribution in [0.1, 0.15) is 46.1 Å². The number of hydrogen-bond donors (Lipinski definition) is 5. The summed E-state index contributed by atoms with van der Waals surface area (Å²) in [6.45, 7) is 9.03. The second-order valence-corrected chi connectivity index (χ2v) is 13.9. The van der Waals surface area contributed by atoms with Crippen molar-refractivity contribution in [1.82, 2.24) is 15.1 Å². The van der Waals surface area contributed by atoms with Gasteiger partial charge in [-0.05, 0) is 63.9 Å². The van der Waals surface area contributed by atoms with Crippen LogP contribution in [0.2, 0.25) is 10.0 Å². The zero-order chi connectivity index (χ0) is 33.3. The molecule has 5 N–H and O–H groups in total. The lowest BCUT2D eigenvalue weighted by Gasteiger charge is -2.13. The van der Waals surface area contributed by atoms with E-state index in [4.69, 9.17) is 52.5 Å². The number of carboxylic acid groups (broad SMARTS) is 1. The van der Waals surface area contributed by atoms with Gasteiger partial charge < -0.3 is 29.2 Å². The Morgan fingerprint density at radius 1 is 1.19 bits per heavy atom. The minimum absolute atomic E-state index is 0.0642. The van der Waals surface area contributed by atoms with Crippen LogP contribution in [-0.4, -0.2) is 54.7 Å². The van der Waals surface area contributed by atoms with E-state index in [2.05, 4.69) is 42.3 Å². The Hall–Kier alpha value is -2.41. The summed E-state index contributed by atoms with van der Waals surface area (Å²) in [5, 5.41) is 32.7. The molecule has 2 aromatic carbocycles. The average molecular weight is 791 g/mol. The van der Waals surface area contributed by atoms with Crippen molar-refractivity contribution in [3.63, 3.8) is 0 Å². The van der Waals surface area contributed by atoms with Crippen molar-refractivity contribution in [3.05, 3.63) is 65.3 Å². The van der Waals surface area contributed by atoms with Crippen LogP contribution in [-0.2, 0) is 14.8 Å². The highest BCUT2D eigenvalue weighted by Crippen LogP contribution is 2.34. The molecule has 0 spiro atoms. The first-order valence-electron chi connectivity index (χ1n) is 12.0. The van der Waals surface area contributed by atoms with Crippen LogP contribution in [0.25, 0.3) is 5.69 Å². The first-order valence-corrected chi connectivity index (χ1v) is 16.1. The Morgan fingerprint density at radius 2 is 1.74 bits per heavy atom. The second kappa shape index (κ2) is 16.6. The minimum atomic E-state index is -4.10. The van der Waals surface area contributed by atoms with E-state index in [0.29, 0.717) is 36.9 Å². The summed E-state index contributed by atoms with van der Waals surface area (Å²) in [4.78, 5) is 38.2. The highest BCUT2D eigenvalue weighted by atomic mass is 79.9. The normalized spacial score (nSPS) is 11.1. The number of aromatic nitrogens is 2. The lowest BCUT2D eigenvalue weighted by molar-refractivity contribution is -0.135. The van der Waals surface area contributed by atoms with Gasteiger partial charge in [-0.15, -0.1) is 5.10 Å². The van der Waals surface area contributed by atoms with Crippen molar-refractivity contribution < 1.29 is 38.5 Å². The number of phenols is 1. The second-order valence-electron chi connectivity index (χ2n) is 9.78. The molecule has 0 unspecified atom stereocenters. The number of benzene rings is 2. The van der Waals surface area contributed by atoms with E-state index in [1.807, 2.05) is 40.7 Å². The molecule has 3 rings (SSSR count). The third-order valence-corrected chi connectivity index (χ3v) is 6.96. The summed E-state index contributed by atoms with van der Waals surface area (Å²) in [7, 11) is -4.10. The number of aromatic hydroxyl groups is 1. The van der Waals surface area contributed by atoms with Crippen LogP contribution in [0, 0.1) is 11.3 Å². The van der Waals surface area contributed by atoms with Crippen molar-refractivity contribution in [2.45, 2.75) is 46.1 Å². The van der Waals surface area contributed by atoms with Crippen molar-refractivity contribution in [2.24, 2.45) is 0 Å². The van der Waals surface area contributed by atoms with Crippen LogP contribution in [0.5, 0.6) is 11.5 Å². The highest BCUT2D eigenvalue weighted by molar-refractivity contribution is 9.11. The maximum absolute atomic E-state index is 12.1. The number of hydrogen-bond acceptors (Lipinski definition) is 9. The van der Waals surface area contributed by atoms with Gasteiger partial charge in [-0.3, -0.25) is 14.7 Å². The molecule has 0 aliphatic rings. The molecule has 0 aliphatic carbocycles. The van der Waals surface area contributed by atoms with Gasteiger partial charge in [0.25, 0.3) is 0 Å². The van der Waals surface area contributed by atoms with Gasteiger partial charge in [-0.2, -0.15) is 9.94 Å². The Morgan fingerprint density at radius 3 is 2.16 bits per heavy atom. The summed E-state index contributed by atoms with van der Waals surface area (Å²) in [5.74, 6) is -0.875. The van der Waals surface area contributed by atoms with Gasteiger partial charge in [0.05, 0.1) is 55.2 Å². The van der Waals surface area contributed by atoms with Gasteiger partial charge in [-0.25, -0.2) is 4.79 Å². The first kappa shape index (κ1) is 38.6. The molecule has 43 heavy (non-hydrogen) atoms. The van der Waals surface area contributed by atoms with E-state index >= 15 is 0 Å². The van der Waals surface area contributed by atoms with Crippen LogP contribution in [0.4, 0.5) is 0 Å². The molecule has 0 saturated heterocycles. The van der Waals surface area contributed by atoms with Crippen LogP contribution >= 0.6 is 62.7 Å². The molecule has 0 amide bonds. The van der Waals surface area contributed by atoms with Crippen LogP contribution in [0.3, 0.4) is 0 Å². The van der Waals surface area contributed by atoms with Crippen molar-refractivity contribution >= 4 is 68.6 Å². The topological polar surface area (TPSA) is 208 Å². The molecule has 0 bridgehead atoms. The zero-order valence-corrected chi connectivity index (χ0v) is 29.0. The number of aliphatic carboxylic acids is 1. The van der Waals surface area contributed by atoms with Crippen LogP contribution in [0.15, 0.2) is 42.4 Å². The molecule has 1 heterocycles. The Bertz CT molecular complexity index is 1560. The van der Waals surface area contributed by atoms with Gasteiger partial charge in [0.15, 0.2) is 0 Å². The fraction of sp³-hybridized carbons (Fsp3) is 0.360. The van der Waals surface area contributed by atoms with Gasteiger partial charge >= 0.3 is 19.3 Å². The number of nitriles is 1. The summed E-state index contributed by atoms with van der Waals surface area (Å²) >= 11 is 18.5. The van der Waals surface area contributed by atoms with Gasteiger partial charge in [0.1, 0.15) is 11.5 Å². The molecule has 3 aromatic rings. The van der Waals surface area contributed by atoms with Crippen molar-refractivity contribution in [1.29, 1.82) is 5.26 Å². The fourth-order valence-corrected chi connectivity index (χ4v) is 4.79. The quantitative estimate of drug-likeness (QED) is 0.180. The molecule has 0 atom stereocenters. The van der Waals surface area contributed by atoms with Crippen LogP contribution < -0.4 is 15.8 Å². The maximum Gasteiger partial charge on any atom is 0.442 e. The van der Waals surface area contributed by atoms with Crippen molar-refractivity contribution in [2.75, 3.05) is 12.8 Å². The summed E-state index contributed by atoms with van der Waals surface area (Å²) < 4.78 is 23.0. The number of rotatable bonds is 7. The zero-order valence-electron chi connectivity index (χ0n) is 23.4. The smallest absolute Gasteiger partial charge is 0.442 e. The minimum Gasteiger partial charge on any atom is -0.506 e.